The van der Waals surface area contributed by atoms with E-state index in [0.29, 0.717) is 30.4 Å². The van der Waals surface area contributed by atoms with E-state index in [4.69, 9.17) is 0 Å². The SMILES string of the molecule is O=S(=O)(NCC(Br)C1CC1)N1CCCC1. The standard InChI is InChI=1S/C9H17BrN2O2S/c10-9(8-3-4-8)7-11-15(13,14)12-5-1-2-6-12/h8-9,11H,1-7H2. The summed E-state index contributed by atoms with van der Waals surface area (Å²) in [6.07, 6.45) is 4.42. The van der Waals surface area contributed by atoms with E-state index in [0.717, 1.165) is 12.8 Å². The van der Waals surface area contributed by atoms with Gasteiger partial charge in [0.05, 0.1) is 0 Å². The van der Waals surface area contributed by atoms with Gasteiger partial charge >= 0.3 is 0 Å². The molecule has 0 aromatic rings. The Bertz CT molecular complexity index is 310. The molecular weight excluding hydrogens is 280 g/mol. The third-order valence-corrected chi connectivity index (χ3v) is 5.65. The Hall–Kier alpha value is 0.350. The molecule has 0 radical (unpaired) electrons. The van der Waals surface area contributed by atoms with Crippen molar-refractivity contribution in [2.24, 2.45) is 5.92 Å². The monoisotopic (exact) mass is 296 g/mol. The summed E-state index contributed by atoms with van der Waals surface area (Å²) in [7, 11) is -3.21. The smallest absolute Gasteiger partial charge is 0.201 e. The largest absolute Gasteiger partial charge is 0.279 e. The number of hydrogen-bond acceptors (Lipinski definition) is 2. The second-order valence-corrected chi connectivity index (χ2v) is 7.24. The number of rotatable bonds is 5. The van der Waals surface area contributed by atoms with Gasteiger partial charge in [0.25, 0.3) is 10.2 Å². The van der Waals surface area contributed by atoms with Crippen molar-refractivity contribution in [2.45, 2.75) is 30.5 Å². The lowest BCUT2D eigenvalue weighted by Gasteiger charge is -2.17. The van der Waals surface area contributed by atoms with E-state index in [-0.39, 0.29) is 0 Å². The van der Waals surface area contributed by atoms with Crippen molar-refractivity contribution in [3.05, 3.63) is 0 Å². The van der Waals surface area contributed by atoms with Crippen LogP contribution in [0.3, 0.4) is 0 Å². The Morgan fingerprint density at radius 2 is 1.93 bits per heavy atom. The normalized spacial score (nSPS) is 25.7. The summed E-state index contributed by atoms with van der Waals surface area (Å²) in [5.41, 5.74) is 0. The fraction of sp³-hybridized carbons (Fsp3) is 1.00. The molecule has 6 heteroatoms. The van der Waals surface area contributed by atoms with Gasteiger partial charge in [-0.1, -0.05) is 15.9 Å². The molecule has 1 unspecified atom stereocenters. The van der Waals surface area contributed by atoms with Gasteiger partial charge in [0.15, 0.2) is 0 Å². The van der Waals surface area contributed by atoms with Crippen molar-refractivity contribution in [3.8, 4) is 0 Å². The molecule has 1 aliphatic carbocycles. The zero-order valence-corrected chi connectivity index (χ0v) is 11.1. The molecule has 88 valence electrons. The lowest BCUT2D eigenvalue weighted by Crippen LogP contribution is -2.41. The fourth-order valence-electron chi connectivity index (χ4n) is 1.83. The molecule has 0 bridgehead atoms. The average molecular weight is 297 g/mol. The summed E-state index contributed by atoms with van der Waals surface area (Å²) >= 11 is 3.52. The first-order chi connectivity index (χ1) is 7.09. The van der Waals surface area contributed by atoms with Crippen LogP contribution in [0.25, 0.3) is 0 Å². The molecule has 4 nitrogen and oxygen atoms in total. The van der Waals surface area contributed by atoms with Crippen LogP contribution in [0.15, 0.2) is 0 Å². The molecule has 2 rings (SSSR count). The Balaban J connectivity index is 1.81. The van der Waals surface area contributed by atoms with Crippen molar-refractivity contribution in [2.75, 3.05) is 19.6 Å². The number of hydrogen-bond donors (Lipinski definition) is 1. The van der Waals surface area contributed by atoms with E-state index in [1.54, 1.807) is 4.31 Å². The van der Waals surface area contributed by atoms with Crippen molar-refractivity contribution in [3.63, 3.8) is 0 Å². The highest BCUT2D eigenvalue weighted by Gasteiger charge is 2.31. The van der Waals surface area contributed by atoms with E-state index < -0.39 is 10.2 Å². The third-order valence-electron chi connectivity index (χ3n) is 3.00. The molecule has 0 aromatic carbocycles. The molecule has 1 atom stereocenters. The molecule has 2 aliphatic rings. The van der Waals surface area contributed by atoms with Gasteiger partial charge in [0.1, 0.15) is 0 Å². The van der Waals surface area contributed by atoms with Gasteiger partial charge in [0, 0.05) is 24.5 Å². The van der Waals surface area contributed by atoms with Crippen LogP contribution in [0.1, 0.15) is 25.7 Å². The molecular formula is C9H17BrN2O2S. The van der Waals surface area contributed by atoms with Crippen LogP contribution in [-0.4, -0.2) is 37.2 Å². The molecule has 1 aliphatic heterocycles. The van der Waals surface area contributed by atoms with E-state index >= 15 is 0 Å². The van der Waals surface area contributed by atoms with Gasteiger partial charge in [0.2, 0.25) is 0 Å². The molecule has 1 N–H and O–H groups in total. The molecule has 0 amide bonds. The third kappa shape index (κ3) is 3.15. The summed E-state index contributed by atoms with van der Waals surface area (Å²) in [6.45, 7) is 1.86. The number of nitrogens with one attached hydrogen (secondary N) is 1. The molecule has 2 fully saturated rings. The number of alkyl halides is 1. The minimum atomic E-state index is -3.21. The summed E-state index contributed by atoms with van der Waals surface area (Å²) < 4.78 is 27.8. The number of nitrogens with zero attached hydrogens (tertiary/aromatic N) is 1. The molecule has 1 saturated heterocycles. The molecule has 0 spiro atoms. The van der Waals surface area contributed by atoms with E-state index in [9.17, 15) is 8.42 Å². The highest BCUT2D eigenvalue weighted by Crippen LogP contribution is 2.36. The van der Waals surface area contributed by atoms with Crippen LogP contribution < -0.4 is 4.72 Å². The van der Waals surface area contributed by atoms with Crippen molar-refractivity contribution in [1.82, 2.24) is 9.03 Å². The summed E-state index contributed by atoms with van der Waals surface area (Å²) in [5.74, 6) is 0.672. The quantitative estimate of drug-likeness (QED) is 0.772. The second kappa shape index (κ2) is 4.69. The maximum atomic E-state index is 11.8. The predicted molar refractivity (Wildman–Crippen MR) is 63.2 cm³/mol. The highest BCUT2D eigenvalue weighted by atomic mass is 79.9. The minimum Gasteiger partial charge on any atom is -0.201 e. The lowest BCUT2D eigenvalue weighted by atomic mass is 10.3. The van der Waals surface area contributed by atoms with Crippen LogP contribution >= 0.6 is 15.9 Å². The maximum absolute atomic E-state index is 11.8. The summed E-state index contributed by atoms with van der Waals surface area (Å²) in [4.78, 5) is 0.301. The fourth-order valence-corrected chi connectivity index (χ4v) is 4.05. The lowest BCUT2D eigenvalue weighted by molar-refractivity contribution is 0.464. The van der Waals surface area contributed by atoms with E-state index in [2.05, 4.69) is 20.7 Å². The van der Waals surface area contributed by atoms with Gasteiger partial charge in [-0.25, -0.2) is 4.72 Å². The molecule has 15 heavy (non-hydrogen) atoms. The maximum Gasteiger partial charge on any atom is 0.279 e. The first kappa shape index (κ1) is 11.8. The summed E-state index contributed by atoms with van der Waals surface area (Å²) in [5, 5.41) is 0. The van der Waals surface area contributed by atoms with Crippen molar-refractivity contribution >= 4 is 26.1 Å². The van der Waals surface area contributed by atoms with Gasteiger partial charge in [-0.3, -0.25) is 0 Å². The summed E-state index contributed by atoms with van der Waals surface area (Å²) in [6, 6.07) is 0. The average Bonchev–Trinajstić information content (AvgIpc) is 2.89. The molecule has 1 heterocycles. The zero-order chi connectivity index (χ0) is 10.9. The predicted octanol–water partition coefficient (Wildman–Crippen LogP) is 1.09. The number of halogens is 1. The Morgan fingerprint density at radius 3 is 2.47 bits per heavy atom. The molecule has 1 saturated carbocycles. The Morgan fingerprint density at radius 1 is 1.33 bits per heavy atom. The highest BCUT2D eigenvalue weighted by molar-refractivity contribution is 9.09. The zero-order valence-electron chi connectivity index (χ0n) is 8.65. The van der Waals surface area contributed by atoms with Crippen molar-refractivity contribution < 1.29 is 8.42 Å². The second-order valence-electron chi connectivity index (χ2n) is 4.31. The van der Waals surface area contributed by atoms with E-state index in [1.165, 1.54) is 12.8 Å². The molecule has 0 aromatic heterocycles. The van der Waals surface area contributed by atoms with E-state index in [1.807, 2.05) is 0 Å². The van der Waals surface area contributed by atoms with Crippen molar-refractivity contribution in [1.29, 1.82) is 0 Å². The van der Waals surface area contributed by atoms with Gasteiger partial charge < -0.3 is 0 Å². The van der Waals surface area contributed by atoms with Crippen LogP contribution in [-0.2, 0) is 10.2 Å². The van der Waals surface area contributed by atoms with Gasteiger partial charge in [-0.2, -0.15) is 12.7 Å². The van der Waals surface area contributed by atoms with Gasteiger partial charge in [-0.15, -0.1) is 0 Å². The van der Waals surface area contributed by atoms with Crippen LogP contribution in [0.2, 0.25) is 0 Å². The first-order valence-electron chi connectivity index (χ1n) is 5.48. The Kier molecular flexibility index (Phi) is 3.70. The first-order valence-corrected chi connectivity index (χ1v) is 7.84. The Labute approximate surface area is 99.7 Å². The van der Waals surface area contributed by atoms with Gasteiger partial charge in [-0.05, 0) is 31.6 Å². The minimum absolute atomic E-state index is 0.301. The van der Waals surface area contributed by atoms with Crippen LogP contribution in [0, 0.1) is 5.92 Å². The van der Waals surface area contributed by atoms with Crippen LogP contribution in [0.5, 0.6) is 0 Å². The van der Waals surface area contributed by atoms with Crippen LogP contribution in [0.4, 0.5) is 0 Å². The topological polar surface area (TPSA) is 49.4 Å².